The van der Waals surface area contributed by atoms with Crippen LogP contribution in [0.3, 0.4) is 0 Å². The Labute approximate surface area is 170 Å². The highest BCUT2D eigenvalue weighted by molar-refractivity contribution is 6.09. The van der Waals surface area contributed by atoms with Gasteiger partial charge in [-0.05, 0) is 75.1 Å². The van der Waals surface area contributed by atoms with E-state index in [2.05, 4.69) is 5.32 Å². The maximum Gasteiger partial charge on any atom is 0.239 e. The number of benzene rings is 2. The van der Waals surface area contributed by atoms with Gasteiger partial charge >= 0.3 is 0 Å². The van der Waals surface area contributed by atoms with Crippen LogP contribution >= 0.6 is 0 Å². The number of nitrogens with zero attached hydrogens (tertiary/aromatic N) is 1. The summed E-state index contributed by atoms with van der Waals surface area (Å²) >= 11 is 0. The standard InChI is InChI=1S/C23H26N2O4/c1-14-5-7-17(11-15(14)2)25-10-9-18(22(25)27)21(26)24-23(3,4)16-6-8-19-20(12-16)29-13-28-19/h5-8,11-12,18H,9-10,13H2,1-4H3,(H,24,26). The Kier molecular flexibility index (Phi) is 4.73. The average molecular weight is 394 g/mol. The molecule has 1 N–H and O–H groups in total. The summed E-state index contributed by atoms with van der Waals surface area (Å²) in [4.78, 5) is 27.6. The lowest BCUT2D eigenvalue weighted by Gasteiger charge is -2.28. The molecule has 0 aromatic heterocycles. The van der Waals surface area contributed by atoms with Crippen LogP contribution in [0, 0.1) is 19.8 Å². The molecule has 2 aromatic rings. The van der Waals surface area contributed by atoms with E-state index in [4.69, 9.17) is 9.47 Å². The smallest absolute Gasteiger partial charge is 0.239 e. The van der Waals surface area contributed by atoms with Gasteiger partial charge in [0, 0.05) is 12.2 Å². The van der Waals surface area contributed by atoms with Crippen molar-refractivity contribution in [1.29, 1.82) is 0 Å². The molecule has 1 unspecified atom stereocenters. The molecule has 1 fully saturated rings. The SMILES string of the molecule is Cc1ccc(N2CCC(C(=O)NC(C)(C)c3ccc4c(c3)OCO4)C2=O)cc1C. The highest BCUT2D eigenvalue weighted by Crippen LogP contribution is 2.36. The Hall–Kier alpha value is -3.02. The first kappa shape index (κ1) is 19.3. The van der Waals surface area contributed by atoms with Crippen LogP contribution < -0.4 is 19.7 Å². The van der Waals surface area contributed by atoms with Crippen LogP contribution in [-0.2, 0) is 15.1 Å². The molecule has 152 valence electrons. The second-order valence-electron chi connectivity index (χ2n) is 8.28. The number of anilines is 1. The Morgan fingerprint density at radius 2 is 1.83 bits per heavy atom. The second kappa shape index (κ2) is 7.10. The predicted octanol–water partition coefficient (Wildman–Crippen LogP) is 3.44. The fourth-order valence-corrected chi connectivity index (χ4v) is 3.83. The maximum absolute atomic E-state index is 13.0. The van der Waals surface area contributed by atoms with E-state index < -0.39 is 11.5 Å². The summed E-state index contributed by atoms with van der Waals surface area (Å²) in [5.74, 6) is 0.301. The third-order valence-corrected chi connectivity index (χ3v) is 5.85. The van der Waals surface area contributed by atoms with Crippen molar-refractivity contribution in [1.82, 2.24) is 5.32 Å². The summed E-state index contributed by atoms with van der Waals surface area (Å²) in [5.41, 5.74) is 3.41. The summed E-state index contributed by atoms with van der Waals surface area (Å²) in [7, 11) is 0. The predicted molar refractivity (Wildman–Crippen MR) is 110 cm³/mol. The van der Waals surface area contributed by atoms with Crippen LogP contribution in [-0.4, -0.2) is 25.2 Å². The topological polar surface area (TPSA) is 67.9 Å². The molecule has 29 heavy (non-hydrogen) atoms. The van der Waals surface area contributed by atoms with E-state index in [0.29, 0.717) is 24.5 Å². The number of carbonyl (C=O) groups excluding carboxylic acids is 2. The van der Waals surface area contributed by atoms with Crippen LogP contribution in [0.2, 0.25) is 0 Å². The summed E-state index contributed by atoms with van der Waals surface area (Å²) in [6.07, 6.45) is 0.509. The van der Waals surface area contributed by atoms with Gasteiger partial charge in [0.1, 0.15) is 5.92 Å². The minimum atomic E-state index is -0.676. The van der Waals surface area contributed by atoms with Gasteiger partial charge in [0.05, 0.1) is 5.54 Å². The molecular formula is C23H26N2O4. The lowest BCUT2D eigenvalue weighted by Crippen LogP contribution is -2.46. The van der Waals surface area contributed by atoms with Crippen LogP contribution in [0.1, 0.15) is 37.0 Å². The van der Waals surface area contributed by atoms with E-state index in [1.165, 1.54) is 5.56 Å². The molecule has 0 aliphatic carbocycles. The molecule has 0 radical (unpaired) electrons. The van der Waals surface area contributed by atoms with E-state index in [1.807, 2.05) is 64.1 Å². The summed E-state index contributed by atoms with van der Waals surface area (Å²) < 4.78 is 10.8. The number of hydrogen-bond donors (Lipinski definition) is 1. The highest BCUT2D eigenvalue weighted by atomic mass is 16.7. The first-order valence-electron chi connectivity index (χ1n) is 9.87. The van der Waals surface area contributed by atoms with Gasteiger partial charge in [0.15, 0.2) is 11.5 Å². The molecule has 1 atom stereocenters. The Balaban J connectivity index is 1.48. The minimum absolute atomic E-state index is 0.146. The van der Waals surface area contributed by atoms with E-state index in [-0.39, 0.29) is 18.6 Å². The summed E-state index contributed by atoms with van der Waals surface area (Å²) in [5, 5.41) is 3.05. The fourth-order valence-electron chi connectivity index (χ4n) is 3.83. The first-order chi connectivity index (χ1) is 13.8. The Bertz CT molecular complexity index is 983. The van der Waals surface area contributed by atoms with E-state index >= 15 is 0 Å². The molecule has 6 nitrogen and oxygen atoms in total. The first-order valence-corrected chi connectivity index (χ1v) is 9.87. The van der Waals surface area contributed by atoms with Crippen LogP contribution in [0.25, 0.3) is 0 Å². The minimum Gasteiger partial charge on any atom is -0.454 e. The lowest BCUT2D eigenvalue weighted by molar-refractivity contribution is -0.133. The number of fused-ring (bicyclic) bond motifs is 1. The van der Waals surface area contributed by atoms with Gasteiger partial charge in [0.25, 0.3) is 0 Å². The van der Waals surface area contributed by atoms with Gasteiger partial charge in [-0.2, -0.15) is 0 Å². The number of hydrogen-bond acceptors (Lipinski definition) is 4. The Morgan fingerprint density at radius 1 is 1.07 bits per heavy atom. The highest BCUT2D eigenvalue weighted by Gasteiger charge is 2.39. The van der Waals surface area contributed by atoms with Crippen molar-refractivity contribution in [2.45, 2.75) is 39.7 Å². The van der Waals surface area contributed by atoms with Crippen molar-refractivity contribution >= 4 is 17.5 Å². The maximum atomic E-state index is 13.0. The molecular weight excluding hydrogens is 368 g/mol. The monoisotopic (exact) mass is 394 g/mol. The van der Waals surface area contributed by atoms with Gasteiger partial charge in [-0.1, -0.05) is 12.1 Å². The molecule has 4 rings (SSSR count). The Morgan fingerprint density at radius 3 is 2.59 bits per heavy atom. The molecule has 0 spiro atoms. The fraction of sp³-hybridized carbons (Fsp3) is 0.391. The lowest BCUT2D eigenvalue weighted by atomic mass is 9.92. The molecule has 2 aromatic carbocycles. The van der Waals surface area contributed by atoms with Gasteiger partial charge in [-0.15, -0.1) is 0 Å². The van der Waals surface area contributed by atoms with Gasteiger partial charge in [-0.25, -0.2) is 0 Å². The van der Waals surface area contributed by atoms with E-state index in [0.717, 1.165) is 16.8 Å². The molecule has 2 heterocycles. The van der Waals surface area contributed by atoms with Crippen molar-refractivity contribution in [2.24, 2.45) is 5.92 Å². The zero-order chi connectivity index (χ0) is 20.8. The number of amides is 2. The van der Waals surface area contributed by atoms with E-state index in [9.17, 15) is 9.59 Å². The largest absolute Gasteiger partial charge is 0.454 e. The summed E-state index contributed by atoms with van der Waals surface area (Å²) in [6.45, 7) is 8.66. The van der Waals surface area contributed by atoms with Crippen LogP contribution in [0.5, 0.6) is 11.5 Å². The number of aryl methyl sites for hydroxylation is 2. The quantitative estimate of drug-likeness (QED) is 0.807. The van der Waals surface area contributed by atoms with Gasteiger partial charge in [-0.3, -0.25) is 9.59 Å². The van der Waals surface area contributed by atoms with Crippen LogP contribution in [0.15, 0.2) is 36.4 Å². The molecule has 1 saturated heterocycles. The van der Waals surface area contributed by atoms with Crippen molar-refractivity contribution in [2.75, 3.05) is 18.2 Å². The molecule has 2 amide bonds. The molecule has 0 bridgehead atoms. The zero-order valence-corrected chi connectivity index (χ0v) is 17.2. The number of nitrogens with one attached hydrogen (secondary N) is 1. The number of ether oxygens (including phenoxy) is 2. The van der Waals surface area contributed by atoms with Crippen molar-refractivity contribution in [3.63, 3.8) is 0 Å². The van der Waals surface area contributed by atoms with Gasteiger partial charge in [0.2, 0.25) is 18.6 Å². The number of rotatable bonds is 4. The third kappa shape index (κ3) is 3.55. The molecule has 6 heteroatoms. The van der Waals surface area contributed by atoms with Crippen molar-refractivity contribution in [3.05, 3.63) is 53.1 Å². The molecule has 2 aliphatic rings. The van der Waals surface area contributed by atoms with Crippen molar-refractivity contribution in [3.8, 4) is 11.5 Å². The van der Waals surface area contributed by atoms with Gasteiger partial charge < -0.3 is 19.7 Å². The zero-order valence-electron chi connectivity index (χ0n) is 17.2. The van der Waals surface area contributed by atoms with Crippen molar-refractivity contribution < 1.29 is 19.1 Å². The van der Waals surface area contributed by atoms with E-state index in [1.54, 1.807) is 4.90 Å². The normalized spacial score (nSPS) is 18.3. The third-order valence-electron chi connectivity index (χ3n) is 5.85. The number of carbonyl (C=O) groups is 2. The molecule has 2 aliphatic heterocycles. The second-order valence-corrected chi connectivity index (χ2v) is 8.28. The van der Waals surface area contributed by atoms with Crippen LogP contribution in [0.4, 0.5) is 5.69 Å². The average Bonchev–Trinajstić information content (AvgIpc) is 3.29. The summed E-state index contributed by atoms with van der Waals surface area (Å²) in [6, 6.07) is 11.6. The molecule has 0 saturated carbocycles.